The van der Waals surface area contributed by atoms with E-state index in [1.54, 1.807) is 0 Å². The molecule has 0 aliphatic rings. The first kappa shape index (κ1) is 18.6. The minimum absolute atomic E-state index is 0.174. The number of hydrogen-bond donors (Lipinski definition) is 1. The van der Waals surface area contributed by atoms with Crippen molar-refractivity contribution < 1.29 is 9.53 Å². The van der Waals surface area contributed by atoms with Gasteiger partial charge in [-0.05, 0) is 44.4 Å². The summed E-state index contributed by atoms with van der Waals surface area (Å²) in [6.45, 7) is 1.98. The number of nitrogens with two attached hydrogens (primary N) is 1. The molecule has 132 valence electrons. The average molecular weight is 339 g/mol. The van der Waals surface area contributed by atoms with Gasteiger partial charge < -0.3 is 10.5 Å². The highest BCUT2D eigenvalue weighted by molar-refractivity contribution is 5.78. The van der Waals surface area contributed by atoms with Gasteiger partial charge in [-0.2, -0.15) is 0 Å². The van der Waals surface area contributed by atoms with Crippen LogP contribution in [0.4, 0.5) is 5.69 Å². The SMILES string of the molecule is CC=CC=CCc1nc2ccc(N)cc2nc1CCCCC(=O)OC. The minimum atomic E-state index is -0.174. The summed E-state index contributed by atoms with van der Waals surface area (Å²) in [5.41, 5.74) is 10.1. The molecule has 5 heteroatoms. The molecule has 0 saturated carbocycles. The van der Waals surface area contributed by atoms with Gasteiger partial charge in [0.05, 0.1) is 29.5 Å². The van der Waals surface area contributed by atoms with Crippen LogP contribution in [0.2, 0.25) is 0 Å². The molecule has 5 nitrogen and oxygen atoms in total. The Morgan fingerprint density at radius 2 is 1.96 bits per heavy atom. The number of unbranched alkanes of at least 4 members (excludes halogenated alkanes) is 1. The van der Waals surface area contributed by atoms with E-state index < -0.39 is 0 Å². The lowest BCUT2D eigenvalue weighted by Crippen LogP contribution is -2.04. The number of allylic oxidation sites excluding steroid dienone is 4. The van der Waals surface area contributed by atoms with Crippen molar-refractivity contribution in [1.82, 2.24) is 9.97 Å². The Morgan fingerprint density at radius 1 is 1.16 bits per heavy atom. The maximum atomic E-state index is 11.2. The van der Waals surface area contributed by atoms with Crippen LogP contribution in [-0.2, 0) is 22.4 Å². The van der Waals surface area contributed by atoms with Crippen molar-refractivity contribution in [2.45, 2.75) is 39.0 Å². The zero-order valence-electron chi connectivity index (χ0n) is 14.9. The molecular formula is C20H25N3O2. The number of ether oxygens (including phenoxy) is 1. The van der Waals surface area contributed by atoms with Gasteiger partial charge in [-0.25, -0.2) is 9.97 Å². The van der Waals surface area contributed by atoms with Crippen LogP contribution < -0.4 is 5.73 Å². The van der Waals surface area contributed by atoms with E-state index in [4.69, 9.17) is 15.7 Å². The standard InChI is InChI=1S/C20H25N3O2/c1-3-4-5-6-9-16-17(10-7-8-11-20(24)25-2)23-19-14-15(21)12-13-18(19)22-16/h3-6,12-14H,7-11,21H2,1-2H3. The van der Waals surface area contributed by atoms with Gasteiger partial charge in [-0.15, -0.1) is 0 Å². The molecular weight excluding hydrogens is 314 g/mol. The molecule has 0 fully saturated rings. The summed E-state index contributed by atoms with van der Waals surface area (Å²) in [6.07, 6.45) is 11.6. The van der Waals surface area contributed by atoms with E-state index in [2.05, 4.69) is 10.8 Å². The largest absolute Gasteiger partial charge is 0.469 e. The van der Waals surface area contributed by atoms with E-state index in [-0.39, 0.29) is 5.97 Å². The van der Waals surface area contributed by atoms with Crippen molar-refractivity contribution in [2.24, 2.45) is 0 Å². The number of hydrogen-bond acceptors (Lipinski definition) is 5. The predicted molar refractivity (Wildman–Crippen MR) is 101 cm³/mol. The number of aryl methyl sites for hydroxylation is 1. The second-order valence-electron chi connectivity index (χ2n) is 5.81. The summed E-state index contributed by atoms with van der Waals surface area (Å²) in [7, 11) is 1.41. The smallest absolute Gasteiger partial charge is 0.305 e. The summed E-state index contributed by atoms with van der Waals surface area (Å²) in [6, 6.07) is 5.59. The Labute approximate surface area is 148 Å². The van der Waals surface area contributed by atoms with Crippen molar-refractivity contribution in [3.63, 3.8) is 0 Å². The molecule has 0 radical (unpaired) electrons. The number of aromatic nitrogens is 2. The minimum Gasteiger partial charge on any atom is -0.469 e. The third-order valence-corrected chi connectivity index (χ3v) is 3.87. The van der Waals surface area contributed by atoms with Crippen LogP contribution in [0.25, 0.3) is 11.0 Å². The first-order valence-corrected chi connectivity index (χ1v) is 8.53. The number of nitrogen functional groups attached to an aromatic ring is 1. The van der Waals surface area contributed by atoms with Crippen molar-refractivity contribution in [1.29, 1.82) is 0 Å². The lowest BCUT2D eigenvalue weighted by molar-refractivity contribution is -0.140. The van der Waals surface area contributed by atoms with E-state index in [1.807, 2.05) is 43.4 Å². The molecule has 0 aliphatic heterocycles. The normalized spacial score (nSPS) is 11.6. The fourth-order valence-electron chi connectivity index (χ4n) is 2.54. The molecule has 2 aromatic rings. The van der Waals surface area contributed by atoms with Crippen LogP contribution in [0.1, 0.15) is 37.6 Å². The first-order valence-electron chi connectivity index (χ1n) is 8.53. The Balaban J connectivity index is 2.18. The zero-order valence-corrected chi connectivity index (χ0v) is 14.9. The topological polar surface area (TPSA) is 78.1 Å². The quantitative estimate of drug-likeness (QED) is 0.343. The summed E-state index contributed by atoms with van der Waals surface area (Å²) >= 11 is 0. The van der Waals surface area contributed by atoms with Crippen LogP contribution >= 0.6 is 0 Å². The van der Waals surface area contributed by atoms with E-state index >= 15 is 0 Å². The van der Waals surface area contributed by atoms with Crippen LogP contribution in [0, 0.1) is 0 Å². The molecule has 0 amide bonds. The van der Waals surface area contributed by atoms with E-state index in [9.17, 15) is 4.79 Å². The number of rotatable bonds is 8. The summed E-state index contributed by atoms with van der Waals surface area (Å²) in [5.74, 6) is -0.174. The van der Waals surface area contributed by atoms with Crippen LogP contribution in [0.15, 0.2) is 42.5 Å². The van der Waals surface area contributed by atoms with Gasteiger partial charge >= 0.3 is 5.97 Å². The Kier molecular flexibility index (Phi) is 7.14. The fourth-order valence-corrected chi connectivity index (χ4v) is 2.54. The number of methoxy groups -OCH3 is 1. The Hall–Kier alpha value is -2.69. The Morgan fingerprint density at radius 3 is 2.72 bits per heavy atom. The molecule has 25 heavy (non-hydrogen) atoms. The molecule has 1 heterocycles. The highest BCUT2D eigenvalue weighted by Crippen LogP contribution is 2.18. The van der Waals surface area contributed by atoms with Gasteiger partial charge in [0.15, 0.2) is 0 Å². The second-order valence-corrected chi connectivity index (χ2v) is 5.81. The van der Waals surface area contributed by atoms with Crippen LogP contribution in [0.3, 0.4) is 0 Å². The molecule has 0 spiro atoms. The molecule has 1 aromatic heterocycles. The molecule has 0 unspecified atom stereocenters. The lowest BCUT2D eigenvalue weighted by atomic mass is 10.1. The van der Waals surface area contributed by atoms with Crippen molar-refractivity contribution in [3.8, 4) is 0 Å². The maximum absolute atomic E-state index is 11.2. The first-order chi connectivity index (χ1) is 12.1. The fraction of sp³-hybridized carbons (Fsp3) is 0.350. The highest BCUT2D eigenvalue weighted by atomic mass is 16.5. The Bertz CT molecular complexity index is 782. The van der Waals surface area contributed by atoms with E-state index in [1.165, 1.54) is 7.11 Å². The number of carbonyl (C=O) groups excluding carboxylic acids is 1. The molecule has 2 N–H and O–H groups in total. The number of carbonyl (C=O) groups is 1. The van der Waals surface area contributed by atoms with Gasteiger partial charge in [-0.1, -0.05) is 24.3 Å². The molecule has 2 rings (SSSR count). The van der Waals surface area contributed by atoms with Crippen LogP contribution in [-0.4, -0.2) is 23.0 Å². The van der Waals surface area contributed by atoms with Gasteiger partial charge in [0.25, 0.3) is 0 Å². The number of esters is 1. The van der Waals surface area contributed by atoms with Gasteiger partial charge in [-0.3, -0.25) is 4.79 Å². The molecule has 0 atom stereocenters. The number of fused-ring (bicyclic) bond motifs is 1. The van der Waals surface area contributed by atoms with E-state index in [0.29, 0.717) is 12.1 Å². The van der Waals surface area contributed by atoms with Gasteiger partial charge in [0, 0.05) is 18.5 Å². The monoisotopic (exact) mass is 339 g/mol. The predicted octanol–water partition coefficient (Wildman–Crippen LogP) is 3.77. The summed E-state index contributed by atoms with van der Waals surface area (Å²) in [4.78, 5) is 20.7. The van der Waals surface area contributed by atoms with Crippen molar-refractivity contribution >= 4 is 22.7 Å². The lowest BCUT2D eigenvalue weighted by Gasteiger charge is -2.09. The second kappa shape index (κ2) is 9.57. The summed E-state index contributed by atoms with van der Waals surface area (Å²) < 4.78 is 4.68. The summed E-state index contributed by atoms with van der Waals surface area (Å²) in [5, 5.41) is 0. The number of nitrogens with zero attached hydrogens (tertiary/aromatic N) is 2. The van der Waals surface area contributed by atoms with Gasteiger partial charge in [0.2, 0.25) is 0 Å². The van der Waals surface area contributed by atoms with E-state index in [0.717, 1.165) is 48.1 Å². The van der Waals surface area contributed by atoms with Crippen molar-refractivity contribution in [3.05, 3.63) is 53.9 Å². The van der Waals surface area contributed by atoms with Gasteiger partial charge in [0.1, 0.15) is 0 Å². The highest BCUT2D eigenvalue weighted by Gasteiger charge is 2.09. The number of benzene rings is 1. The number of anilines is 1. The zero-order chi connectivity index (χ0) is 18.1. The molecule has 0 saturated heterocycles. The average Bonchev–Trinajstić information content (AvgIpc) is 2.62. The van der Waals surface area contributed by atoms with Crippen molar-refractivity contribution in [2.75, 3.05) is 12.8 Å². The third kappa shape index (κ3) is 5.71. The molecule has 0 bridgehead atoms. The third-order valence-electron chi connectivity index (χ3n) is 3.87. The van der Waals surface area contributed by atoms with Crippen LogP contribution in [0.5, 0.6) is 0 Å². The molecule has 0 aliphatic carbocycles. The molecule has 1 aromatic carbocycles. The maximum Gasteiger partial charge on any atom is 0.305 e.